The first-order valence-electron chi connectivity index (χ1n) is 9.29. The molecule has 1 aliphatic rings. The quantitative estimate of drug-likeness (QED) is 0.556. The molecule has 1 nitrogen and oxygen atoms in total. The second-order valence-electron chi connectivity index (χ2n) is 7.01. The lowest BCUT2D eigenvalue weighted by Crippen LogP contribution is -2.13. The summed E-state index contributed by atoms with van der Waals surface area (Å²) in [4.78, 5) is 0. The van der Waals surface area contributed by atoms with E-state index >= 15 is 0 Å². The maximum absolute atomic E-state index is 12.0. The molecule has 1 saturated carbocycles. The van der Waals surface area contributed by atoms with Gasteiger partial charge in [0.05, 0.1) is 13.4 Å². The Balaban J connectivity index is 1.57. The van der Waals surface area contributed by atoms with Crippen LogP contribution in [0.15, 0.2) is 60.9 Å². The molecule has 0 saturated heterocycles. The van der Waals surface area contributed by atoms with Gasteiger partial charge in [-0.2, -0.15) is 0 Å². The lowest BCUT2D eigenvalue weighted by atomic mass is 9.77. The normalized spacial score (nSPS) is 20.7. The largest absolute Gasteiger partial charge is 0.497 e. The molecule has 0 amide bonds. The number of ether oxygens (including phenoxy) is 1. The van der Waals surface area contributed by atoms with Gasteiger partial charge in [-0.05, 0) is 79.2 Å². The van der Waals surface area contributed by atoms with Crippen molar-refractivity contribution in [3.63, 3.8) is 0 Å². The van der Waals surface area contributed by atoms with Crippen molar-refractivity contribution in [3.05, 3.63) is 66.5 Å². The van der Waals surface area contributed by atoms with E-state index in [1.165, 1.54) is 42.4 Å². The van der Waals surface area contributed by atoms with Crippen molar-refractivity contribution in [3.8, 4) is 16.9 Å². The molecular weight excluding hydrogens is 311 g/mol. The summed E-state index contributed by atoms with van der Waals surface area (Å²) in [5.41, 5.74) is 3.93. The van der Waals surface area contributed by atoms with E-state index in [1.54, 1.807) is 13.2 Å². The van der Waals surface area contributed by atoms with Gasteiger partial charge in [0.25, 0.3) is 0 Å². The third-order valence-electron chi connectivity index (χ3n) is 5.48. The van der Waals surface area contributed by atoms with Gasteiger partial charge in [0.1, 0.15) is 5.75 Å². The van der Waals surface area contributed by atoms with E-state index in [0.717, 1.165) is 24.5 Å². The van der Waals surface area contributed by atoms with E-state index in [0.29, 0.717) is 12.2 Å². The Kier molecular flexibility index (Phi) is 6.27. The minimum absolute atomic E-state index is 0.677. The fourth-order valence-electron chi connectivity index (χ4n) is 3.91. The van der Waals surface area contributed by atoms with Gasteiger partial charge in [0, 0.05) is 0 Å². The number of allylic oxidation sites excluding steroid dienone is 1. The number of methoxy groups -OCH3 is 1. The predicted octanol–water partition coefficient (Wildman–Crippen LogP) is 6.90. The van der Waals surface area contributed by atoms with Crippen LogP contribution in [0.1, 0.15) is 50.0 Å². The van der Waals surface area contributed by atoms with Crippen molar-refractivity contribution in [1.29, 1.82) is 0 Å². The van der Waals surface area contributed by atoms with E-state index in [-0.39, 0.29) is 0 Å². The molecule has 25 heavy (non-hydrogen) atoms. The van der Waals surface area contributed by atoms with Crippen molar-refractivity contribution in [1.82, 2.24) is 0 Å². The topological polar surface area (TPSA) is 9.23 Å². The van der Waals surface area contributed by atoms with Gasteiger partial charge in [0.15, 0.2) is 0 Å². The Morgan fingerprint density at radius 2 is 1.52 bits per heavy atom. The molecule has 2 aromatic rings. The van der Waals surface area contributed by atoms with E-state index in [4.69, 9.17) is 4.74 Å². The molecule has 2 heteroatoms. The van der Waals surface area contributed by atoms with Crippen molar-refractivity contribution >= 4 is 0 Å². The fraction of sp³-hybridized carbons (Fsp3) is 0.391. The lowest BCUT2D eigenvalue weighted by molar-refractivity contribution is 0.311. The zero-order valence-electron chi connectivity index (χ0n) is 15.0. The highest BCUT2D eigenvalue weighted by atomic mass is 19.1. The van der Waals surface area contributed by atoms with Crippen LogP contribution in [-0.4, -0.2) is 7.11 Å². The third kappa shape index (κ3) is 4.72. The van der Waals surface area contributed by atoms with Crippen LogP contribution >= 0.6 is 0 Å². The van der Waals surface area contributed by atoms with Crippen molar-refractivity contribution in [2.75, 3.05) is 7.11 Å². The molecular formula is C23H27FO. The Bertz CT molecular complexity index is 664. The standard InChI is InChI=1S/C23H27FO/c1-25-23-15-13-22(14-16-23)21-11-9-20(10-12-21)19-7-5-18(6-8-19)4-2-3-17-24/h3,9-19H,2,4-8H2,1H3. The average Bonchev–Trinajstić information content (AvgIpc) is 2.69. The molecule has 0 N–H and O–H groups in total. The summed E-state index contributed by atoms with van der Waals surface area (Å²) in [6, 6.07) is 17.2. The first kappa shape index (κ1) is 17.7. The van der Waals surface area contributed by atoms with Crippen LogP contribution in [0.4, 0.5) is 4.39 Å². The number of halogens is 1. The summed E-state index contributed by atoms with van der Waals surface area (Å²) in [6.45, 7) is 0. The first-order chi connectivity index (χ1) is 12.3. The number of rotatable bonds is 6. The van der Waals surface area contributed by atoms with Crippen molar-refractivity contribution in [2.45, 2.75) is 44.4 Å². The SMILES string of the molecule is COc1ccc(-c2ccc(C3CCC(CCC=CF)CC3)cc2)cc1. The van der Waals surface area contributed by atoms with E-state index in [9.17, 15) is 4.39 Å². The molecule has 132 valence electrons. The highest BCUT2D eigenvalue weighted by Gasteiger charge is 2.21. The number of benzene rings is 2. The average molecular weight is 338 g/mol. The smallest absolute Gasteiger partial charge is 0.118 e. The molecule has 0 spiro atoms. The Morgan fingerprint density at radius 1 is 0.920 bits per heavy atom. The summed E-state index contributed by atoms with van der Waals surface area (Å²) in [6.07, 6.45) is 9.37. The van der Waals surface area contributed by atoms with Crippen LogP contribution < -0.4 is 4.74 Å². The highest BCUT2D eigenvalue weighted by Crippen LogP contribution is 2.38. The van der Waals surface area contributed by atoms with E-state index < -0.39 is 0 Å². The summed E-state index contributed by atoms with van der Waals surface area (Å²) in [7, 11) is 1.69. The molecule has 1 fully saturated rings. The molecule has 0 heterocycles. The van der Waals surface area contributed by atoms with Crippen LogP contribution in [0.2, 0.25) is 0 Å². The molecule has 3 rings (SSSR count). The van der Waals surface area contributed by atoms with E-state index in [1.807, 2.05) is 12.1 Å². The fourth-order valence-corrected chi connectivity index (χ4v) is 3.91. The van der Waals surface area contributed by atoms with Gasteiger partial charge in [-0.3, -0.25) is 0 Å². The lowest BCUT2D eigenvalue weighted by Gasteiger charge is -2.28. The Morgan fingerprint density at radius 3 is 2.08 bits per heavy atom. The molecule has 0 aromatic heterocycles. The third-order valence-corrected chi connectivity index (χ3v) is 5.48. The highest BCUT2D eigenvalue weighted by molar-refractivity contribution is 5.64. The van der Waals surface area contributed by atoms with Crippen LogP contribution in [0.5, 0.6) is 5.75 Å². The van der Waals surface area contributed by atoms with Gasteiger partial charge in [0.2, 0.25) is 0 Å². The molecule has 0 aliphatic heterocycles. The van der Waals surface area contributed by atoms with E-state index in [2.05, 4.69) is 36.4 Å². The van der Waals surface area contributed by atoms with Gasteiger partial charge in [-0.15, -0.1) is 0 Å². The van der Waals surface area contributed by atoms with Gasteiger partial charge >= 0.3 is 0 Å². The maximum Gasteiger partial charge on any atom is 0.118 e. The van der Waals surface area contributed by atoms with Crippen LogP contribution in [0.3, 0.4) is 0 Å². The monoisotopic (exact) mass is 338 g/mol. The van der Waals surface area contributed by atoms with Crippen molar-refractivity contribution in [2.24, 2.45) is 5.92 Å². The number of hydrogen-bond donors (Lipinski definition) is 0. The molecule has 0 unspecified atom stereocenters. The predicted molar refractivity (Wildman–Crippen MR) is 103 cm³/mol. The minimum Gasteiger partial charge on any atom is -0.497 e. The van der Waals surface area contributed by atoms with Gasteiger partial charge in [-0.25, -0.2) is 4.39 Å². The van der Waals surface area contributed by atoms with Crippen LogP contribution in [0, 0.1) is 5.92 Å². The molecule has 0 bridgehead atoms. The summed E-state index contributed by atoms with van der Waals surface area (Å²) >= 11 is 0. The van der Waals surface area contributed by atoms with Crippen LogP contribution in [-0.2, 0) is 0 Å². The summed E-state index contributed by atoms with van der Waals surface area (Å²) in [5, 5.41) is 0. The zero-order chi connectivity index (χ0) is 17.5. The second kappa shape index (κ2) is 8.84. The molecule has 1 aliphatic carbocycles. The molecule has 0 radical (unpaired) electrons. The zero-order valence-corrected chi connectivity index (χ0v) is 15.0. The first-order valence-corrected chi connectivity index (χ1v) is 9.29. The Labute approximate surface area is 150 Å². The summed E-state index contributed by atoms with van der Waals surface area (Å²) < 4.78 is 17.3. The second-order valence-corrected chi connectivity index (χ2v) is 7.01. The summed E-state index contributed by atoms with van der Waals surface area (Å²) in [5.74, 6) is 2.34. The molecule has 2 aromatic carbocycles. The Hall–Kier alpha value is -2.09. The minimum atomic E-state index is 0.677. The van der Waals surface area contributed by atoms with Gasteiger partial charge in [-0.1, -0.05) is 42.5 Å². The van der Waals surface area contributed by atoms with Crippen LogP contribution in [0.25, 0.3) is 11.1 Å². The van der Waals surface area contributed by atoms with Gasteiger partial charge < -0.3 is 4.74 Å². The maximum atomic E-state index is 12.0. The number of hydrogen-bond acceptors (Lipinski definition) is 1. The molecule has 0 atom stereocenters. The van der Waals surface area contributed by atoms with Crippen molar-refractivity contribution < 1.29 is 9.13 Å².